The van der Waals surface area contributed by atoms with Crippen molar-refractivity contribution in [2.75, 3.05) is 32.2 Å². The molecule has 1 rings (SSSR count). The summed E-state index contributed by atoms with van der Waals surface area (Å²) in [7, 11) is 1.66. The second kappa shape index (κ2) is 7.84. The molecule has 0 aliphatic carbocycles. The molecule has 0 amide bonds. The lowest BCUT2D eigenvalue weighted by Crippen LogP contribution is -2.28. The molecule has 0 bridgehead atoms. The highest BCUT2D eigenvalue weighted by atomic mass is 16.5. The number of nitrogens with two attached hydrogens (primary N) is 1. The van der Waals surface area contributed by atoms with Gasteiger partial charge in [0.15, 0.2) is 0 Å². The molecule has 18 heavy (non-hydrogen) atoms. The molecular formula is C12H22N4O2. The third-order valence-electron chi connectivity index (χ3n) is 2.34. The van der Waals surface area contributed by atoms with Crippen LogP contribution < -0.4 is 15.8 Å². The summed E-state index contributed by atoms with van der Waals surface area (Å²) in [4.78, 5) is 8.61. The van der Waals surface area contributed by atoms with Crippen LogP contribution in [-0.4, -0.2) is 42.9 Å². The standard InChI is InChI=1S/C12H22N4O2/c1-4-18-11-7-9(2)14-12(16-11)15-10(5-6-13)8-17-3/h7,10H,4-6,8,13H2,1-3H3,(H,14,15,16). The lowest BCUT2D eigenvalue weighted by molar-refractivity contribution is 0.183. The molecule has 0 aliphatic rings. The van der Waals surface area contributed by atoms with Crippen molar-refractivity contribution in [3.8, 4) is 5.88 Å². The fraction of sp³-hybridized carbons (Fsp3) is 0.667. The average molecular weight is 254 g/mol. The maximum absolute atomic E-state index is 5.56. The summed E-state index contributed by atoms with van der Waals surface area (Å²) >= 11 is 0. The summed E-state index contributed by atoms with van der Waals surface area (Å²) < 4.78 is 10.5. The first-order chi connectivity index (χ1) is 8.69. The number of anilines is 1. The van der Waals surface area contributed by atoms with Crippen LogP contribution in [0.2, 0.25) is 0 Å². The number of aromatic nitrogens is 2. The van der Waals surface area contributed by atoms with Crippen molar-refractivity contribution < 1.29 is 9.47 Å². The molecular weight excluding hydrogens is 232 g/mol. The van der Waals surface area contributed by atoms with E-state index < -0.39 is 0 Å². The van der Waals surface area contributed by atoms with E-state index in [1.165, 1.54) is 0 Å². The highest BCUT2D eigenvalue weighted by Crippen LogP contribution is 2.13. The Balaban J connectivity index is 2.74. The first-order valence-electron chi connectivity index (χ1n) is 6.13. The fourth-order valence-corrected chi connectivity index (χ4v) is 1.61. The highest BCUT2D eigenvalue weighted by Gasteiger charge is 2.10. The third-order valence-corrected chi connectivity index (χ3v) is 2.34. The molecule has 1 aromatic rings. The predicted molar refractivity (Wildman–Crippen MR) is 70.9 cm³/mol. The Bertz CT molecular complexity index is 354. The van der Waals surface area contributed by atoms with Gasteiger partial charge in [0.2, 0.25) is 11.8 Å². The van der Waals surface area contributed by atoms with Gasteiger partial charge in [-0.25, -0.2) is 4.98 Å². The van der Waals surface area contributed by atoms with Crippen molar-refractivity contribution in [2.45, 2.75) is 26.3 Å². The van der Waals surface area contributed by atoms with Gasteiger partial charge < -0.3 is 20.5 Å². The van der Waals surface area contributed by atoms with Crippen LogP contribution in [0.1, 0.15) is 19.0 Å². The summed E-state index contributed by atoms with van der Waals surface area (Å²) in [5.74, 6) is 1.13. The molecule has 1 heterocycles. The number of hydrogen-bond donors (Lipinski definition) is 2. The van der Waals surface area contributed by atoms with Gasteiger partial charge in [-0.3, -0.25) is 0 Å². The molecule has 0 aromatic carbocycles. The first-order valence-corrected chi connectivity index (χ1v) is 6.13. The minimum absolute atomic E-state index is 0.108. The molecule has 102 valence electrons. The van der Waals surface area contributed by atoms with Gasteiger partial charge in [0.05, 0.1) is 19.3 Å². The quantitative estimate of drug-likeness (QED) is 0.719. The number of nitrogens with one attached hydrogen (secondary N) is 1. The number of rotatable bonds is 8. The van der Waals surface area contributed by atoms with E-state index in [1.54, 1.807) is 7.11 Å². The number of nitrogens with zero attached hydrogens (tertiary/aromatic N) is 2. The molecule has 0 saturated carbocycles. The van der Waals surface area contributed by atoms with E-state index in [4.69, 9.17) is 15.2 Å². The topological polar surface area (TPSA) is 82.3 Å². The van der Waals surface area contributed by atoms with Crippen molar-refractivity contribution >= 4 is 5.95 Å². The van der Waals surface area contributed by atoms with Gasteiger partial charge in [0.1, 0.15) is 0 Å². The molecule has 1 unspecified atom stereocenters. The molecule has 0 aliphatic heterocycles. The van der Waals surface area contributed by atoms with E-state index in [2.05, 4.69) is 15.3 Å². The SMILES string of the molecule is CCOc1cc(C)nc(NC(CCN)COC)n1. The monoisotopic (exact) mass is 254 g/mol. The van der Waals surface area contributed by atoms with Crippen LogP contribution >= 0.6 is 0 Å². The van der Waals surface area contributed by atoms with Gasteiger partial charge in [-0.2, -0.15) is 4.98 Å². The Hall–Kier alpha value is -1.40. The van der Waals surface area contributed by atoms with Gasteiger partial charge in [0, 0.05) is 18.9 Å². The van der Waals surface area contributed by atoms with Crippen LogP contribution in [0.5, 0.6) is 5.88 Å². The van der Waals surface area contributed by atoms with Crippen LogP contribution in [0.15, 0.2) is 6.07 Å². The predicted octanol–water partition coefficient (Wildman–Crippen LogP) is 0.959. The summed E-state index contributed by atoms with van der Waals surface area (Å²) in [6, 6.07) is 1.92. The highest BCUT2D eigenvalue weighted by molar-refractivity contribution is 5.31. The molecule has 0 saturated heterocycles. The lowest BCUT2D eigenvalue weighted by atomic mass is 10.2. The summed E-state index contributed by atoms with van der Waals surface area (Å²) in [5, 5.41) is 3.21. The van der Waals surface area contributed by atoms with Gasteiger partial charge >= 0.3 is 0 Å². The molecule has 0 spiro atoms. The zero-order valence-electron chi connectivity index (χ0n) is 11.3. The van der Waals surface area contributed by atoms with Crippen LogP contribution in [0.4, 0.5) is 5.95 Å². The smallest absolute Gasteiger partial charge is 0.226 e. The minimum atomic E-state index is 0.108. The number of hydrogen-bond acceptors (Lipinski definition) is 6. The molecule has 6 nitrogen and oxygen atoms in total. The van der Waals surface area contributed by atoms with Gasteiger partial charge in [0.25, 0.3) is 0 Å². The molecule has 0 fully saturated rings. The van der Waals surface area contributed by atoms with E-state index in [9.17, 15) is 0 Å². The Labute approximate surface area is 108 Å². The first kappa shape index (κ1) is 14.7. The summed E-state index contributed by atoms with van der Waals surface area (Å²) in [6.45, 7) is 5.57. The number of aryl methyl sites for hydroxylation is 1. The van der Waals surface area contributed by atoms with Gasteiger partial charge in [-0.15, -0.1) is 0 Å². The van der Waals surface area contributed by atoms with Crippen molar-refractivity contribution in [1.29, 1.82) is 0 Å². The molecule has 6 heteroatoms. The van der Waals surface area contributed by atoms with E-state index in [1.807, 2.05) is 19.9 Å². The van der Waals surface area contributed by atoms with E-state index >= 15 is 0 Å². The summed E-state index contributed by atoms with van der Waals surface area (Å²) in [6.07, 6.45) is 0.801. The van der Waals surface area contributed by atoms with Crippen molar-refractivity contribution in [3.05, 3.63) is 11.8 Å². The normalized spacial score (nSPS) is 12.2. The van der Waals surface area contributed by atoms with Crippen LogP contribution in [0.3, 0.4) is 0 Å². The van der Waals surface area contributed by atoms with Crippen molar-refractivity contribution in [3.63, 3.8) is 0 Å². The Morgan fingerprint density at radius 2 is 2.22 bits per heavy atom. The second-order valence-corrected chi connectivity index (χ2v) is 3.98. The van der Waals surface area contributed by atoms with Crippen LogP contribution in [-0.2, 0) is 4.74 Å². The van der Waals surface area contributed by atoms with E-state index in [0.29, 0.717) is 31.6 Å². The van der Waals surface area contributed by atoms with E-state index in [-0.39, 0.29) is 6.04 Å². The molecule has 1 aromatic heterocycles. The van der Waals surface area contributed by atoms with Crippen molar-refractivity contribution in [1.82, 2.24) is 9.97 Å². The Kier molecular flexibility index (Phi) is 6.38. The Morgan fingerprint density at radius 3 is 2.83 bits per heavy atom. The average Bonchev–Trinajstić information content (AvgIpc) is 2.29. The maximum atomic E-state index is 5.56. The summed E-state index contributed by atoms with van der Waals surface area (Å²) in [5.41, 5.74) is 6.42. The minimum Gasteiger partial charge on any atom is -0.478 e. The maximum Gasteiger partial charge on any atom is 0.226 e. The van der Waals surface area contributed by atoms with Gasteiger partial charge in [-0.05, 0) is 26.8 Å². The third kappa shape index (κ3) is 4.85. The molecule has 1 atom stereocenters. The molecule has 0 radical (unpaired) electrons. The second-order valence-electron chi connectivity index (χ2n) is 3.98. The lowest BCUT2D eigenvalue weighted by Gasteiger charge is -2.17. The zero-order chi connectivity index (χ0) is 13.4. The Morgan fingerprint density at radius 1 is 1.44 bits per heavy atom. The van der Waals surface area contributed by atoms with Crippen LogP contribution in [0, 0.1) is 6.92 Å². The van der Waals surface area contributed by atoms with E-state index in [0.717, 1.165) is 12.1 Å². The number of ether oxygens (including phenoxy) is 2. The largest absolute Gasteiger partial charge is 0.478 e. The number of methoxy groups -OCH3 is 1. The van der Waals surface area contributed by atoms with Crippen molar-refractivity contribution in [2.24, 2.45) is 5.73 Å². The van der Waals surface area contributed by atoms with Gasteiger partial charge in [-0.1, -0.05) is 0 Å². The van der Waals surface area contributed by atoms with Crippen LogP contribution in [0.25, 0.3) is 0 Å². The molecule has 3 N–H and O–H groups in total. The fourth-order valence-electron chi connectivity index (χ4n) is 1.61. The zero-order valence-corrected chi connectivity index (χ0v) is 11.3.